The number of nitrogen functional groups attached to an aromatic ring is 1. The van der Waals surface area contributed by atoms with Gasteiger partial charge in [0.15, 0.2) is 0 Å². The van der Waals surface area contributed by atoms with E-state index in [0.717, 1.165) is 5.56 Å². The number of nitrogens with two attached hydrogens (primary N) is 1. The Morgan fingerprint density at radius 1 is 1.37 bits per heavy atom. The Morgan fingerprint density at radius 2 is 2.05 bits per heavy atom. The fourth-order valence-corrected chi connectivity index (χ4v) is 1.66. The summed E-state index contributed by atoms with van der Waals surface area (Å²) in [5.74, 6) is -0.000139. The highest BCUT2D eigenvalue weighted by atomic mass is 16.5. The van der Waals surface area contributed by atoms with Crippen molar-refractivity contribution in [2.45, 2.75) is 39.8 Å². The van der Waals surface area contributed by atoms with Crippen molar-refractivity contribution in [2.75, 3.05) is 18.9 Å². The quantitative estimate of drug-likeness (QED) is 0.831. The van der Waals surface area contributed by atoms with Gasteiger partial charge in [0.25, 0.3) is 0 Å². The van der Waals surface area contributed by atoms with Gasteiger partial charge in [-0.25, -0.2) is 0 Å². The molecular weight excluding hydrogens is 240 g/mol. The van der Waals surface area contributed by atoms with Crippen molar-refractivity contribution in [1.82, 2.24) is 4.90 Å². The van der Waals surface area contributed by atoms with Crippen molar-refractivity contribution in [3.05, 3.63) is 29.8 Å². The molecule has 4 nitrogen and oxygen atoms in total. The van der Waals surface area contributed by atoms with Crippen molar-refractivity contribution < 1.29 is 9.53 Å². The van der Waals surface area contributed by atoms with E-state index >= 15 is 0 Å². The molecule has 0 aliphatic carbocycles. The summed E-state index contributed by atoms with van der Waals surface area (Å²) >= 11 is 0. The molecule has 1 aromatic rings. The lowest BCUT2D eigenvalue weighted by Crippen LogP contribution is -2.36. The molecule has 0 saturated heterocycles. The van der Waals surface area contributed by atoms with Crippen LogP contribution in [0.25, 0.3) is 0 Å². The average molecular weight is 264 g/mol. The molecule has 0 atom stereocenters. The second-order valence-electron chi connectivity index (χ2n) is 5.55. The number of ether oxygens (including phenoxy) is 1. The smallest absolute Gasteiger partial charge is 0.248 e. The minimum Gasteiger partial charge on any atom is -0.399 e. The molecule has 106 valence electrons. The fraction of sp³-hybridized carbons (Fsp3) is 0.533. The molecule has 2 N–H and O–H groups in total. The van der Waals surface area contributed by atoms with Gasteiger partial charge >= 0.3 is 0 Å². The molecule has 0 aliphatic heterocycles. The predicted molar refractivity (Wildman–Crippen MR) is 77.7 cm³/mol. The van der Waals surface area contributed by atoms with E-state index in [1.54, 1.807) is 4.90 Å². The summed E-state index contributed by atoms with van der Waals surface area (Å²) in [5, 5.41) is 0. The third-order valence-electron chi connectivity index (χ3n) is 2.69. The van der Waals surface area contributed by atoms with Crippen LogP contribution in [0.2, 0.25) is 0 Å². The van der Waals surface area contributed by atoms with E-state index in [4.69, 9.17) is 10.5 Å². The van der Waals surface area contributed by atoms with Crippen LogP contribution in [0.1, 0.15) is 33.3 Å². The topological polar surface area (TPSA) is 55.6 Å². The van der Waals surface area contributed by atoms with Gasteiger partial charge in [-0.05, 0) is 45.4 Å². The van der Waals surface area contributed by atoms with Crippen LogP contribution in [-0.4, -0.2) is 29.6 Å². The predicted octanol–water partition coefficient (Wildman–Crippen LogP) is 2.43. The van der Waals surface area contributed by atoms with Crippen molar-refractivity contribution in [2.24, 2.45) is 0 Å². The lowest BCUT2D eigenvalue weighted by atomic mass is 10.2. The van der Waals surface area contributed by atoms with E-state index < -0.39 is 0 Å². The molecule has 0 saturated carbocycles. The lowest BCUT2D eigenvalue weighted by Gasteiger charge is -2.24. The zero-order valence-corrected chi connectivity index (χ0v) is 12.3. The van der Waals surface area contributed by atoms with Gasteiger partial charge in [-0.15, -0.1) is 0 Å². The van der Waals surface area contributed by atoms with Gasteiger partial charge in [-0.1, -0.05) is 12.1 Å². The molecular formula is C15H24N2O2. The second kappa shape index (κ2) is 6.57. The van der Waals surface area contributed by atoms with Gasteiger partial charge in [-0.2, -0.15) is 0 Å². The number of rotatable bonds is 5. The Morgan fingerprint density at radius 3 is 2.58 bits per heavy atom. The number of carbonyl (C=O) groups excluding carboxylic acids is 1. The summed E-state index contributed by atoms with van der Waals surface area (Å²) in [6.45, 7) is 9.10. The van der Waals surface area contributed by atoms with Gasteiger partial charge in [-0.3, -0.25) is 4.79 Å². The van der Waals surface area contributed by atoms with Crippen molar-refractivity contribution in [3.63, 3.8) is 0 Å². The SMILES string of the molecule is CCN(Cc1cccc(N)c1)C(=O)COC(C)(C)C. The molecule has 1 rings (SSSR count). The van der Waals surface area contributed by atoms with Crippen LogP contribution in [0, 0.1) is 0 Å². The number of likely N-dealkylation sites (N-methyl/N-ethyl adjacent to an activating group) is 1. The molecule has 0 aliphatic rings. The highest BCUT2D eigenvalue weighted by Crippen LogP contribution is 2.11. The number of hydrogen-bond donors (Lipinski definition) is 1. The number of hydrogen-bond acceptors (Lipinski definition) is 3. The number of carbonyl (C=O) groups is 1. The van der Waals surface area contributed by atoms with Crippen LogP contribution >= 0.6 is 0 Å². The zero-order valence-electron chi connectivity index (χ0n) is 12.3. The molecule has 0 unspecified atom stereocenters. The number of nitrogens with zero attached hydrogens (tertiary/aromatic N) is 1. The molecule has 4 heteroatoms. The molecule has 0 fully saturated rings. The molecule has 1 aromatic carbocycles. The van der Waals surface area contributed by atoms with Crippen LogP contribution in [0.15, 0.2) is 24.3 Å². The van der Waals surface area contributed by atoms with E-state index in [1.165, 1.54) is 0 Å². The summed E-state index contributed by atoms with van der Waals surface area (Å²) in [6, 6.07) is 7.59. The van der Waals surface area contributed by atoms with E-state index in [0.29, 0.717) is 18.8 Å². The number of anilines is 1. The standard InChI is InChI=1S/C15H24N2O2/c1-5-17(14(18)11-19-15(2,3)4)10-12-7-6-8-13(16)9-12/h6-9H,5,10-11,16H2,1-4H3. The summed E-state index contributed by atoms with van der Waals surface area (Å²) in [7, 11) is 0. The average Bonchev–Trinajstić information content (AvgIpc) is 2.32. The van der Waals surface area contributed by atoms with Crippen LogP contribution < -0.4 is 5.73 Å². The molecule has 0 heterocycles. The second-order valence-corrected chi connectivity index (χ2v) is 5.55. The highest BCUT2D eigenvalue weighted by Gasteiger charge is 2.17. The van der Waals surface area contributed by atoms with Crippen molar-refractivity contribution >= 4 is 11.6 Å². The Hall–Kier alpha value is -1.55. The minimum atomic E-state index is -0.299. The van der Waals surface area contributed by atoms with Gasteiger partial charge in [0.05, 0.1) is 5.60 Å². The molecule has 0 spiro atoms. The summed E-state index contributed by atoms with van der Waals surface area (Å²) in [5.41, 5.74) is 7.19. The Bertz CT molecular complexity index is 424. The number of benzene rings is 1. The normalized spacial score (nSPS) is 11.4. The first-order valence-corrected chi connectivity index (χ1v) is 6.58. The maximum atomic E-state index is 12.1. The molecule has 1 amide bonds. The van der Waals surface area contributed by atoms with E-state index in [1.807, 2.05) is 52.0 Å². The zero-order chi connectivity index (χ0) is 14.5. The fourth-order valence-electron chi connectivity index (χ4n) is 1.66. The molecule has 0 bridgehead atoms. The van der Waals surface area contributed by atoms with Crippen molar-refractivity contribution in [1.29, 1.82) is 0 Å². The summed E-state index contributed by atoms with van der Waals surface area (Å²) < 4.78 is 5.52. The Labute approximate surface area is 115 Å². The van der Waals surface area contributed by atoms with Crippen molar-refractivity contribution in [3.8, 4) is 0 Å². The van der Waals surface area contributed by atoms with E-state index in [-0.39, 0.29) is 18.1 Å². The van der Waals surface area contributed by atoms with Crippen LogP contribution in [0.4, 0.5) is 5.69 Å². The summed E-state index contributed by atoms with van der Waals surface area (Å²) in [6.07, 6.45) is 0. The lowest BCUT2D eigenvalue weighted by molar-refractivity contribution is -0.141. The molecule has 19 heavy (non-hydrogen) atoms. The molecule has 0 aromatic heterocycles. The summed E-state index contributed by atoms with van der Waals surface area (Å²) in [4.78, 5) is 13.8. The maximum absolute atomic E-state index is 12.1. The largest absolute Gasteiger partial charge is 0.399 e. The highest BCUT2D eigenvalue weighted by molar-refractivity contribution is 5.77. The third-order valence-corrected chi connectivity index (χ3v) is 2.69. The maximum Gasteiger partial charge on any atom is 0.248 e. The van der Waals surface area contributed by atoms with Gasteiger partial charge < -0.3 is 15.4 Å². The monoisotopic (exact) mass is 264 g/mol. The Balaban J connectivity index is 2.60. The minimum absolute atomic E-state index is 0.000139. The van der Waals surface area contributed by atoms with Crippen LogP contribution in [-0.2, 0) is 16.1 Å². The first-order valence-electron chi connectivity index (χ1n) is 6.58. The van der Waals surface area contributed by atoms with Gasteiger partial charge in [0, 0.05) is 18.8 Å². The number of amides is 1. The molecule has 0 radical (unpaired) electrons. The Kier molecular flexibility index (Phi) is 5.36. The first-order chi connectivity index (χ1) is 8.81. The first kappa shape index (κ1) is 15.5. The van der Waals surface area contributed by atoms with Gasteiger partial charge in [0.1, 0.15) is 6.61 Å². The third kappa shape index (κ3) is 5.75. The van der Waals surface area contributed by atoms with Crippen LogP contribution in [0.5, 0.6) is 0 Å². The van der Waals surface area contributed by atoms with Gasteiger partial charge in [0.2, 0.25) is 5.91 Å². The van der Waals surface area contributed by atoms with Crippen LogP contribution in [0.3, 0.4) is 0 Å². The van der Waals surface area contributed by atoms with E-state index in [9.17, 15) is 4.79 Å². The van der Waals surface area contributed by atoms with E-state index in [2.05, 4.69) is 0 Å².